The molecule has 0 aromatic carbocycles. The van der Waals surface area contributed by atoms with E-state index >= 15 is 0 Å². The summed E-state index contributed by atoms with van der Waals surface area (Å²) in [6, 6.07) is 0. The molecule has 0 bridgehead atoms. The minimum Gasteiger partial charge on any atom is -0.429 e. The SMILES string of the molecule is C=C1CC[C@H]2[C@@](C)(CC[C@H]3C(C)(C)CCC[C@]23C)[C@@H]1C[C@H](O)C1=CC(=O)OC1O. The van der Waals surface area contributed by atoms with Crippen LogP contribution in [0.3, 0.4) is 0 Å². The van der Waals surface area contributed by atoms with Crippen LogP contribution >= 0.6 is 0 Å². The normalized spacial score (nSPS) is 45.1. The van der Waals surface area contributed by atoms with Crippen LogP contribution in [0.25, 0.3) is 0 Å². The number of fused-ring (bicyclic) bond motifs is 3. The summed E-state index contributed by atoms with van der Waals surface area (Å²) >= 11 is 0. The molecule has 0 aromatic heterocycles. The Morgan fingerprint density at radius 1 is 1.14 bits per heavy atom. The zero-order valence-corrected chi connectivity index (χ0v) is 18.5. The van der Waals surface area contributed by atoms with Crippen molar-refractivity contribution in [1.29, 1.82) is 0 Å². The minimum absolute atomic E-state index is 0.101. The summed E-state index contributed by atoms with van der Waals surface area (Å²) in [5, 5.41) is 20.9. The van der Waals surface area contributed by atoms with Gasteiger partial charge in [0, 0.05) is 11.6 Å². The molecule has 0 spiro atoms. The topological polar surface area (TPSA) is 66.8 Å². The maximum atomic E-state index is 11.5. The molecule has 4 heteroatoms. The van der Waals surface area contributed by atoms with Crippen molar-refractivity contribution in [1.82, 2.24) is 0 Å². The molecule has 1 heterocycles. The molecule has 0 aromatic rings. The first-order valence-corrected chi connectivity index (χ1v) is 11.4. The second kappa shape index (κ2) is 6.95. The first-order valence-electron chi connectivity index (χ1n) is 11.4. The van der Waals surface area contributed by atoms with E-state index in [4.69, 9.17) is 4.74 Å². The van der Waals surface area contributed by atoms with Crippen molar-refractivity contribution < 1.29 is 19.7 Å². The Bertz CT molecular complexity index is 737. The van der Waals surface area contributed by atoms with E-state index in [1.165, 1.54) is 43.8 Å². The second-order valence-corrected chi connectivity index (χ2v) is 11.4. The van der Waals surface area contributed by atoms with Crippen LogP contribution in [0.15, 0.2) is 23.8 Å². The van der Waals surface area contributed by atoms with Crippen LogP contribution in [-0.4, -0.2) is 28.6 Å². The van der Waals surface area contributed by atoms with Crippen molar-refractivity contribution in [3.05, 3.63) is 23.8 Å². The van der Waals surface area contributed by atoms with Gasteiger partial charge in [-0.3, -0.25) is 0 Å². The van der Waals surface area contributed by atoms with Crippen LogP contribution in [0.5, 0.6) is 0 Å². The Balaban J connectivity index is 1.62. The zero-order valence-electron chi connectivity index (χ0n) is 18.5. The lowest BCUT2D eigenvalue weighted by molar-refractivity contribution is -0.158. The van der Waals surface area contributed by atoms with Gasteiger partial charge in [0.2, 0.25) is 6.29 Å². The van der Waals surface area contributed by atoms with Crippen LogP contribution < -0.4 is 0 Å². The second-order valence-electron chi connectivity index (χ2n) is 11.4. The molecule has 1 aliphatic heterocycles. The van der Waals surface area contributed by atoms with E-state index in [0.717, 1.165) is 18.8 Å². The maximum Gasteiger partial charge on any atom is 0.333 e. The van der Waals surface area contributed by atoms with Crippen LogP contribution in [0.1, 0.15) is 79.1 Å². The number of hydrogen-bond acceptors (Lipinski definition) is 4. The fourth-order valence-corrected chi connectivity index (χ4v) is 8.21. The Morgan fingerprint density at radius 3 is 2.52 bits per heavy atom. The molecule has 3 aliphatic carbocycles. The zero-order chi connectivity index (χ0) is 21.2. The van der Waals surface area contributed by atoms with Gasteiger partial charge < -0.3 is 14.9 Å². The van der Waals surface area contributed by atoms with E-state index < -0.39 is 18.4 Å². The highest BCUT2D eigenvalue weighted by Crippen LogP contribution is 2.69. The van der Waals surface area contributed by atoms with Gasteiger partial charge in [-0.2, -0.15) is 0 Å². The molecule has 1 unspecified atom stereocenters. The molecule has 162 valence electrons. The number of esters is 1. The summed E-state index contributed by atoms with van der Waals surface area (Å²) in [7, 11) is 0. The smallest absolute Gasteiger partial charge is 0.333 e. The monoisotopic (exact) mass is 402 g/mol. The van der Waals surface area contributed by atoms with Gasteiger partial charge >= 0.3 is 5.97 Å². The molecule has 0 amide bonds. The molecule has 4 nitrogen and oxygen atoms in total. The summed E-state index contributed by atoms with van der Waals surface area (Å²) in [5.41, 5.74) is 2.36. The largest absolute Gasteiger partial charge is 0.429 e. The molecular formula is C25H38O4. The van der Waals surface area contributed by atoms with E-state index in [2.05, 4.69) is 34.3 Å². The molecular weight excluding hydrogens is 364 g/mol. The molecule has 0 saturated heterocycles. The predicted octanol–water partition coefficient (Wildman–Crippen LogP) is 4.75. The third-order valence-corrected chi connectivity index (χ3v) is 9.52. The number of allylic oxidation sites excluding steroid dienone is 1. The van der Waals surface area contributed by atoms with Crippen molar-refractivity contribution in [2.24, 2.45) is 34.0 Å². The molecule has 7 atom stereocenters. The van der Waals surface area contributed by atoms with Crippen molar-refractivity contribution in [3.8, 4) is 0 Å². The molecule has 2 N–H and O–H groups in total. The number of carbonyl (C=O) groups is 1. The van der Waals surface area contributed by atoms with Gasteiger partial charge in [0.15, 0.2) is 0 Å². The van der Waals surface area contributed by atoms with E-state index in [9.17, 15) is 15.0 Å². The summed E-state index contributed by atoms with van der Waals surface area (Å²) in [6.07, 6.45) is 8.11. The average molecular weight is 403 g/mol. The molecule has 4 rings (SSSR count). The van der Waals surface area contributed by atoms with Gasteiger partial charge in [-0.1, -0.05) is 46.3 Å². The van der Waals surface area contributed by atoms with Crippen LogP contribution in [0.2, 0.25) is 0 Å². The Kier molecular flexibility index (Phi) is 5.06. The molecule has 3 saturated carbocycles. The molecule has 29 heavy (non-hydrogen) atoms. The first kappa shape index (κ1) is 21.1. The van der Waals surface area contributed by atoms with Gasteiger partial charge in [0.1, 0.15) is 0 Å². The summed E-state index contributed by atoms with van der Waals surface area (Å²) < 4.78 is 4.79. The maximum absolute atomic E-state index is 11.5. The number of carbonyl (C=O) groups excluding carboxylic acids is 1. The van der Waals surface area contributed by atoms with Crippen LogP contribution in [0, 0.1) is 34.0 Å². The summed E-state index contributed by atoms with van der Waals surface area (Å²) in [5.74, 6) is 0.999. The van der Waals surface area contributed by atoms with E-state index in [1.807, 2.05) is 0 Å². The highest BCUT2D eigenvalue weighted by molar-refractivity contribution is 5.85. The fraction of sp³-hybridized carbons (Fsp3) is 0.800. The van der Waals surface area contributed by atoms with E-state index in [0.29, 0.717) is 28.7 Å². The lowest BCUT2D eigenvalue weighted by atomic mass is 9.39. The number of aliphatic hydroxyl groups excluding tert-OH is 2. The van der Waals surface area contributed by atoms with Crippen molar-refractivity contribution in [2.45, 2.75) is 91.5 Å². The quantitative estimate of drug-likeness (QED) is 0.528. The number of cyclic esters (lactones) is 1. The molecule has 4 aliphatic rings. The van der Waals surface area contributed by atoms with E-state index in [-0.39, 0.29) is 11.3 Å². The van der Waals surface area contributed by atoms with Gasteiger partial charge in [0.25, 0.3) is 0 Å². The standard InChI is InChI=1S/C25H38O4/c1-15-7-8-20-24(4,12-9-19-23(2,3)10-6-11-25(19,20)5)17(15)14-18(26)16-13-21(27)29-22(16)28/h13,17-20,22,26,28H,1,6-12,14H2,2-5H3/t17-,18+,19+,20+,22?,24+,25+/m1/s1. The van der Waals surface area contributed by atoms with Gasteiger partial charge in [0.05, 0.1) is 6.10 Å². The third-order valence-electron chi connectivity index (χ3n) is 9.52. The number of hydrogen-bond donors (Lipinski definition) is 2. The van der Waals surface area contributed by atoms with Crippen molar-refractivity contribution in [3.63, 3.8) is 0 Å². The van der Waals surface area contributed by atoms with Crippen LogP contribution in [-0.2, 0) is 9.53 Å². The average Bonchev–Trinajstić information content (AvgIpc) is 2.95. The number of ether oxygens (including phenoxy) is 1. The minimum atomic E-state index is -1.31. The van der Waals surface area contributed by atoms with Gasteiger partial charge in [-0.15, -0.1) is 0 Å². The Labute approximate surface area is 175 Å². The lowest BCUT2D eigenvalue weighted by Gasteiger charge is -2.66. The number of rotatable bonds is 3. The highest BCUT2D eigenvalue weighted by atomic mass is 16.6. The van der Waals surface area contributed by atoms with Crippen molar-refractivity contribution in [2.75, 3.05) is 0 Å². The predicted molar refractivity (Wildman–Crippen MR) is 113 cm³/mol. The van der Waals surface area contributed by atoms with E-state index in [1.54, 1.807) is 0 Å². The highest BCUT2D eigenvalue weighted by Gasteiger charge is 2.61. The van der Waals surface area contributed by atoms with Crippen LogP contribution in [0.4, 0.5) is 0 Å². The molecule has 3 fully saturated rings. The summed E-state index contributed by atoms with van der Waals surface area (Å²) in [4.78, 5) is 11.5. The van der Waals surface area contributed by atoms with Gasteiger partial charge in [-0.25, -0.2) is 4.79 Å². The fourth-order valence-electron chi connectivity index (χ4n) is 8.21. The van der Waals surface area contributed by atoms with Crippen molar-refractivity contribution >= 4 is 5.97 Å². The first-order chi connectivity index (χ1) is 13.5. The number of aliphatic hydroxyl groups is 2. The summed E-state index contributed by atoms with van der Waals surface area (Å²) in [6.45, 7) is 14.3. The Hall–Kier alpha value is -1.13. The Morgan fingerprint density at radius 2 is 1.86 bits per heavy atom. The van der Waals surface area contributed by atoms with Gasteiger partial charge in [-0.05, 0) is 78.9 Å². The lowest BCUT2D eigenvalue weighted by Crippen LogP contribution is -2.58. The third kappa shape index (κ3) is 3.22. The molecule has 0 radical (unpaired) electrons.